The minimum atomic E-state index is -0.914. The number of nitrogens with one attached hydrogen (secondary N) is 2. The van der Waals surface area contributed by atoms with Crippen LogP contribution in [-0.2, 0) is 4.74 Å². The quantitative estimate of drug-likeness (QED) is 0.388. The third-order valence-corrected chi connectivity index (χ3v) is 4.41. The van der Waals surface area contributed by atoms with Crippen LogP contribution in [0.5, 0.6) is 5.75 Å². The largest absolute Gasteiger partial charge is 0.492 e. The van der Waals surface area contributed by atoms with Gasteiger partial charge in [-0.25, -0.2) is 13.8 Å². The molecule has 0 spiro atoms. The molecular formula is C19H30F2N4O2. The van der Waals surface area contributed by atoms with Gasteiger partial charge in [0.1, 0.15) is 12.4 Å². The van der Waals surface area contributed by atoms with Crippen molar-refractivity contribution in [3.8, 4) is 5.75 Å². The fraction of sp³-hybridized carbons (Fsp3) is 0.632. The van der Waals surface area contributed by atoms with Gasteiger partial charge in [-0.3, -0.25) is 0 Å². The molecule has 0 unspecified atom stereocenters. The fourth-order valence-corrected chi connectivity index (χ4v) is 2.92. The Balaban J connectivity index is 1.74. The van der Waals surface area contributed by atoms with E-state index in [1.807, 2.05) is 6.92 Å². The summed E-state index contributed by atoms with van der Waals surface area (Å²) in [6.45, 7) is 7.31. The van der Waals surface area contributed by atoms with Gasteiger partial charge in [0.15, 0.2) is 17.6 Å². The second-order valence-corrected chi connectivity index (χ2v) is 6.44. The molecule has 0 amide bonds. The molecule has 0 saturated carbocycles. The summed E-state index contributed by atoms with van der Waals surface area (Å²) in [5, 5.41) is 6.70. The smallest absolute Gasteiger partial charge is 0.191 e. The molecule has 1 aromatic rings. The van der Waals surface area contributed by atoms with Crippen molar-refractivity contribution >= 4 is 5.96 Å². The molecule has 27 heavy (non-hydrogen) atoms. The van der Waals surface area contributed by atoms with Gasteiger partial charge in [0.05, 0.1) is 13.2 Å². The van der Waals surface area contributed by atoms with E-state index in [-0.39, 0.29) is 6.61 Å². The second-order valence-electron chi connectivity index (χ2n) is 6.44. The Kier molecular flexibility index (Phi) is 9.27. The predicted molar refractivity (Wildman–Crippen MR) is 102 cm³/mol. The van der Waals surface area contributed by atoms with E-state index in [1.54, 1.807) is 7.11 Å². The summed E-state index contributed by atoms with van der Waals surface area (Å²) in [6.07, 6.45) is 2.11. The molecule has 1 aliphatic rings. The third kappa shape index (κ3) is 7.68. The van der Waals surface area contributed by atoms with Gasteiger partial charge >= 0.3 is 0 Å². The highest BCUT2D eigenvalue weighted by Gasteiger charge is 2.19. The van der Waals surface area contributed by atoms with E-state index in [9.17, 15) is 8.78 Å². The molecular weight excluding hydrogens is 354 g/mol. The number of hydrogen-bond acceptors (Lipinski definition) is 4. The molecule has 1 fully saturated rings. The van der Waals surface area contributed by atoms with Crippen LogP contribution in [0, 0.1) is 11.6 Å². The number of aliphatic imine (C=N–C) groups is 1. The number of benzene rings is 1. The summed E-state index contributed by atoms with van der Waals surface area (Å²) in [6, 6.07) is 3.88. The number of likely N-dealkylation sites (tertiary alicyclic amines) is 1. The van der Waals surface area contributed by atoms with Crippen LogP contribution in [-0.4, -0.2) is 69.9 Å². The van der Waals surface area contributed by atoms with Crippen LogP contribution in [0.2, 0.25) is 0 Å². The van der Waals surface area contributed by atoms with Crippen molar-refractivity contribution in [2.45, 2.75) is 25.8 Å². The number of ether oxygens (including phenoxy) is 2. The van der Waals surface area contributed by atoms with E-state index in [4.69, 9.17) is 9.47 Å². The average molecular weight is 384 g/mol. The molecule has 0 aromatic heterocycles. The first-order valence-corrected chi connectivity index (χ1v) is 9.46. The van der Waals surface area contributed by atoms with Crippen LogP contribution in [0.4, 0.5) is 8.78 Å². The van der Waals surface area contributed by atoms with Crippen LogP contribution in [0.1, 0.15) is 19.8 Å². The van der Waals surface area contributed by atoms with E-state index in [0.29, 0.717) is 18.3 Å². The van der Waals surface area contributed by atoms with Gasteiger partial charge < -0.3 is 25.0 Å². The van der Waals surface area contributed by atoms with Crippen molar-refractivity contribution < 1.29 is 18.3 Å². The molecule has 0 bridgehead atoms. The first-order chi connectivity index (χ1) is 13.1. The van der Waals surface area contributed by atoms with E-state index in [0.717, 1.165) is 63.7 Å². The number of hydrogen-bond donors (Lipinski definition) is 2. The van der Waals surface area contributed by atoms with Crippen LogP contribution >= 0.6 is 0 Å². The monoisotopic (exact) mass is 384 g/mol. The summed E-state index contributed by atoms with van der Waals surface area (Å²) in [5.41, 5.74) is 0. The molecule has 1 aromatic carbocycles. The van der Waals surface area contributed by atoms with Gasteiger partial charge in [0.25, 0.3) is 0 Å². The highest BCUT2D eigenvalue weighted by Crippen LogP contribution is 2.15. The van der Waals surface area contributed by atoms with Crippen molar-refractivity contribution in [2.24, 2.45) is 4.99 Å². The maximum atomic E-state index is 13.2. The Morgan fingerprint density at radius 1 is 1.22 bits per heavy atom. The molecule has 152 valence electrons. The van der Waals surface area contributed by atoms with Crippen molar-refractivity contribution in [3.05, 3.63) is 29.8 Å². The molecule has 1 aliphatic heterocycles. The number of methoxy groups -OCH3 is 1. The Morgan fingerprint density at radius 2 is 2.00 bits per heavy atom. The highest BCUT2D eigenvalue weighted by atomic mass is 19.2. The lowest BCUT2D eigenvalue weighted by Gasteiger charge is -2.32. The maximum absolute atomic E-state index is 13.2. The van der Waals surface area contributed by atoms with Gasteiger partial charge in [-0.15, -0.1) is 0 Å². The van der Waals surface area contributed by atoms with E-state index in [2.05, 4.69) is 20.5 Å². The predicted octanol–water partition coefficient (Wildman–Crippen LogP) is 2.01. The van der Waals surface area contributed by atoms with Gasteiger partial charge in [0, 0.05) is 45.4 Å². The standard InChI is InChI=1S/C19H30F2N4O2/c1-3-22-19(24-15-6-9-25(10-7-15)11-13-26-2)23-8-12-27-16-4-5-17(20)18(21)14-16/h4-5,14-15H,3,6-13H2,1-2H3,(H2,22,23,24). The van der Waals surface area contributed by atoms with Gasteiger partial charge in [-0.05, 0) is 31.9 Å². The number of rotatable bonds is 9. The Morgan fingerprint density at radius 3 is 2.67 bits per heavy atom. The lowest BCUT2D eigenvalue weighted by atomic mass is 10.1. The summed E-state index contributed by atoms with van der Waals surface area (Å²) in [5.74, 6) is -0.748. The van der Waals surface area contributed by atoms with Crippen molar-refractivity contribution in [1.29, 1.82) is 0 Å². The average Bonchev–Trinajstić information content (AvgIpc) is 2.67. The fourth-order valence-electron chi connectivity index (χ4n) is 2.92. The number of nitrogens with zero attached hydrogens (tertiary/aromatic N) is 2. The van der Waals surface area contributed by atoms with Crippen LogP contribution in [0.15, 0.2) is 23.2 Å². The van der Waals surface area contributed by atoms with Crippen molar-refractivity contribution in [1.82, 2.24) is 15.5 Å². The van der Waals surface area contributed by atoms with Gasteiger partial charge in [0.2, 0.25) is 0 Å². The van der Waals surface area contributed by atoms with Crippen LogP contribution in [0.3, 0.4) is 0 Å². The molecule has 2 N–H and O–H groups in total. The molecule has 1 heterocycles. The van der Waals surface area contributed by atoms with E-state index in [1.165, 1.54) is 6.07 Å². The van der Waals surface area contributed by atoms with Gasteiger partial charge in [-0.2, -0.15) is 0 Å². The van der Waals surface area contributed by atoms with E-state index < -0.39 is 11.6 Å². The summed E-state index contributed by atoms with van der Waals surface area (Å²) >= 11 is 0. The lowest BCUT2D eigenvalue weighted by molar-refractivity contribution is 0.128. The zero-order valence-corrected chi connectivity index (χ0v) is 16.1. The molecule has 2 rings (SSSR count). The maximum Gasteiger partial charge on any atom is 0.191 e. The number of piperidine rings is 1. The topological polar surface area (TPSA) is 58.1 Å². The minimum absolute atomic E-state index is 0.289. The minimum Gasteiger partial charge on any atom is -0.492 e. The zero-order chi connectivity index (χ0) is 19.5. The van der Waals surface area contributed by atoms with Gasteiger partial charge in [-0.1, -0.05) is 0 Å². The number of halogens is 2. The van der Waals surface area contributed by atoms with Crippen LogP contribution in [0.25, 0.3) is 0 Å². The number of guanidine groups is 1. The summed E-state index contributed by atoms with van der Waals surface area (Å²) in [4.78, 5) is 6.90. The molecule has 8 heteroatoms. The summed E-state index contributed by atoms with van der Waals surface area (Å²) < 4.78 is 36.6. The Hall–Kier alpha value is -1.93. The highest BCUT2D eigenvalue weighted by molar-refractivity contribution is 5.80. The van der Waals surface area contributed by atoms with Crippen molar-refractivity contribution in [3.63, 3.8) is 0 Å². The first kappa shape index (κ1) is 21.4. The van der Waals surface area contributed by atoms with Crippen LogP contribution < -0.4 is 15.4 Å². The van der Waals surface area contributed by atoms with E-state index >= 15 is 0 Å². The summed E-state index contributed by atoms with van der Waals surface area (Å²) in [7, 11) is 1.73. The normalized spacial score (nSPS) is 16.4. The third-order valence-electron chi connectivity index (χ3n) is 4.41. The lowest BCUT2D eigenvalue weighted by Crippen LogP contribution is -2.49. The molecule has 0 aliphatic carbocycles. The first-order valence-electron chi connectivity index (χ1n) is 9.46. The molecule has 1 saturated heterocycles. The molecule has 0 radical (unpaired) electrons. The molecule has 6 nitrogen and oxygen atoms in total. The SMILES string of the molecule is CCNC(=NCCOc1ccc(F)c(F)c1)NC1CCN(CCOC)CC1. The zero-order valence-electron chi connectivity index (χ0n) is 16.1. The van der Waals surface area contributed by atoms with Crippen molar-refractivity contribution in [2.75, 3.05) is 53.0 Å². The molecule has 0 atom stereocenters. The second kappa shape index (κ2) is 11.7. The Bertz CT molecular complexity index is 593. The Labute approximate surface area is 159 Å².